The van der Waals surface area contributed by atoms with Crippen LogP contribution in [0.25, 0.3) is 0 Å². The third-order valence-corrected chi connectivity index (χ3v) is 2.44. The van der Waals surface area contributed by atoms with Crippen LogP contribution in [-0.2, 0) is 9.53 Å². The molecule has 1 amide bonds. The number of nitrogens with two attached hydrogens (primary N) is 1. The molecule has 0 saturated heterocycles. The first-order valence-corrected chi connectivity index (χ1v) is 5.72. The zero-order chi connectivity index (χ0) is 14.3. The second-order valence-corrected chi connectivity index (χ2v) is 4.47. The molecule has 0 bridgehead atoms. The highest BCUT2D eigenvalue weighted by Crippen LogP contribution is 2.14. The number of hydrogen-bond acceptors (Lipinski definition) is 3. The topological polar surface area (TPSA) is 55.6 Å². The monoisotopic (exact) mass is 286 g/mol. The Morgan fingerprint density at radius 2 is 2.06 bits per heavy atom. The number of amides is 1. The minimum absolute atomic E-state index is 0.103. The van der Waals surface area contributed by atoms with E-state index in [1.165, 1.54) is 4.90 Å². The molecule has 0 aliphatic rings. The van der Waals surface area contributed by atoms with Crippen molar-refractivity contribution in [3.63, 3.8) is 0 Å². The van der Waals surface area contributed by atoms with Crippen molar-refractivity contribution in [2.75, 3.05) is 20.3 Å². The summed E-state index contributed by atoms with van der Waals surface area (Å²) in [5, 5.41) is 0. The van der Waals surface area contributed by atoms with Gasteiger partial charge in [0.1, 0.15) is 6.61 Å². The van der Waals surface area contributed by atoms with Crippen molar-refractivity contribution in [2.24, 2.45) is 5.73 Å². The molecule has 0 aromatic rings. The number of carbonyl (C=O) groups is 1. The molecular formula is C10H17F3N2O2S. The molecule has 2 N–H and O–H groups in total. The molecule has 0 heterocycles. The molecule has 0 aromatic heterocycles. The van der Waals surface area contributed by atoms with Crippen molar-refractivity contribution in [3.05, 3.63) is 0 Å². The van der Waals surface area contributed by atoms with E-state index in [2.05, 4.69) is 4.74 Å². The van der Waals surface area contributed by atoms with Gasteiger partial charge in [-0.3, -0.25) is 4.79 Å². The molecule has 0 rings (SSSR count). The predicted octanol–water partition coefficient (Wildman–Crippen LogP) is 1.48. The van der Waals surface area contributed by atoms with E-state index in [4.69, 9.17) is 18.0 Å². The van der Waals surface area contributed by atoms with Crippen molar-refractivity contribution >= 4 is 23.1 Å². The maximum atomic E-state index is 11.8. The highest BCUT2D eigenvalue weighted by molar-refractivity contribution is 7.80. The molecule has 0 spiro atoms. The normalized spacial score (nSPS) is 13.2. The molecule has 18 heavy (non-hydrogen) atoms. The summed E-state index contributed by atoms with van der Waals surface area (Å²) in [5.41, 5.74) is 5.34. The van der Waals surface area contributed by atoms with Crippen LogP contribution in [0.3, 0.4) is 0 Å². The van der Waals surface area contributed by atoms with Gasteiger partial charge < -0.3 is 15.4 Å². The van der Waals surface area contributed by atoms with Crippen molar-refractivity contribution in [1.29, 1.82) is 0 Å². The van der Waals surface area contributed by atoms with Crippen molar-refractivity contribution in [3.8, 4) is 0 Å². The number of alkyl halides is 3. The van der Waals surface area contributed by atoms with Crippen LogP contribution in [0.15, 0.2) is 0 Å². The lowest BCUT2D eigenvalue weighted by molar-refractivity contribution is -0.175. The summed E-state index contributed by atoms with van der Waals surface area (Å²) < 4.78 is 39.6. The van der Waals surface area contributed by atoms with E-state index in [1.807, 2.05) is 0 Å². The van der Waals surface area contributed by atoms with E-state index >= 15 is 0 Å². The molecule has 1 unspecified atom stereocenters. The lowest BCUT2D eigenvalue weighted by Gasteiger charge is -2.24. The molecule has 4 nitrogen and oxygen atoms in total. The van der Waals surface area contributed by atoms with Gasteiger partial charge in [-0.05, 0) is 6.92 Å². The molecular weight excluding hydrogens is 269 g/mol. The van der Waals surface area contributed by atoms with Crippen LogP contribution in [0.1, 0.15) is 19.8 Å². The number of halogens is 3. The summed E-state index contributed by atoms with van der Waals surface area (Å²) in [5.74, 6) is -0.305. The van der Waals surface area contributed by atoms with E-state index in [0.29, 0.717) is 6.42 Å². The SMILES string of the molecule is CC(CC(N)=S)N(C)C(=O)CCOCC(F)(F)F. The predicted molar refractivity (Wildman–Crippen MR) is 65.1 cm³/mol. The number of rotatable bonds is 7. The van der Waals surface area contributed by atoms with Crippen molar-refractivity contribution in [1.82, 2.24) is 4.90 Å². The van der Waals surface area contributed by atoms with Gasteiger partial charge in [-0.2, -0.15) is 13.2 Å². The van der Waals surface area contributed by atoms with E-state index in [1.54, 1.807) is 14.0 Å². The molecule has 0 aromatic carbocycles. The fourth-order valence-electron chi connectivity index (χ4n) is 1.20. The molecule has 8 heteroatoms. The maximum Gasteiger partial charge on any atom is 0.411 e. The number of thiocarbonyl (C=S) groups is 1. The Kier molecular flexibility index (Phi) is 7.15. The summed E-state index contributed by atoms with van der Waals surface area (Å²) in [4.78, 5) is 13.3. The first-order valence-electron chi connectivity index (χ1n) is 5.32. The van der Waals surface area contributed by atoms with Crippen molar-refractivity contribution < 1.29 is 22.7 Å². The first kappa shape index (κ1) is 17.1. The fraction of sp³-hybridized carbons (Fsp3) is 0.800. The first-order chi connectivity index (χ1) is 8.13. The van der Waals surface area contributed by atoms with Gasteiger partial charge in [0.15, 0.2) is 0 Å². The quantitative estimate of drug-likeness (QED) is 0.569. The maximum absolute atomic E-state index is 11.8. The fourth-order valence-corrected chi connectivity index (χ4v) is 1.44. The lowest BCUT2D eigenvalue weighted by atomic mass is 10.2. The smallest absolute Gasteiger partial charge is 0.393 e. The summed E-state index contributed by atoms with van der Waals surface area (Å²) >= 11 is 4.71. The Balaban J connectivity index is 3.91. The van der Waals surface area contributed by atoms with Gasteiger partial charge in [0.25, 0.3) is 0 Å². The summed E-state index contributed by atoms with van der Waals surface area (Å²) in [6.07, 6.45) is -4.09. The Bertz CT molecular complexity index is 297. The zero-order valence-corrected chi connectivity index (χ0v) is 11.1. The van der Waals surface area contributed by atoms with Gasteiger partial charge in [-0.25, -0.2) is 0 Å². The minimum atomic E-state index is -4.37. The lowest BCUT2D eigenvalue weighted by Crippen LogP contribution is -2.37. The third kappa shape index (κ3) is 8.24. The highest BCUT2D eigenvalue weighted by atomic mass is 32.1. The average molecular weight is 286 g/mol. The Morgan fingerprint density at radius 3 is 2.50 bits per heavy atom. The molecule has 0 radical (unpaired) electrons. The van der Waals surface area contributed by atoms with Crippen molar-refractivity contribution in [2.45, 2.75) is 32.0 Å². The Hall–Kier alpha value is -0.890. The van der Waals surface area contributed by atoms with Gasteiger partial charge in [0.05, 0.1) is 18.0 Å². The van der Waals surface area contributed by atoms with Crippen LogP contribution in [0.4, 0.5) is 13.2 Å². The number of ether oxygens (including phenoxy) is 1. The third-order valence-electron chi connectivity index (χ3n) is 2.28. The molecule has 1 atom stereocenters. The van der Waals surface area contributed by atoms with Gasteiger partial charge in [-0.1, -0.05) is 12.2 Å². The summed E-state index contributed by atoms with van der Waals surface area (Å²) in [7, 11) is 1.55. The number of hydrogen-bond donors (Lipinski definition) is 1. The highest BCUT2D eigenvalue weighted by Gasteiger charge is 2.27. The molecule has 0 fully saturated rings. The number of carbonyl (C=O) groups excluding carboxylic acids is 1. The minimum Gasteiger partial charge on any atom is -0.393 e. The Labute approximate surface area is 109 Å². The van der Waals surface area contributed by atoms with E-state index in [-0.39, 0.29) is 30.0 Å². The van der Waals surface area contributed by atoms with Gasteiger partial charge in [0.2, 0.25) is 5.91 Å². The summed E-state index contributed by atoms with van der Waals surface area (Å²) in [6, 6.07) is -0.183. The molecule has 106 valence electrons. The molecule has 0 saturated carbocycles. The summed E-state index contributed by atoms with van der Waals surface area (Å²) in [6.45, 7) is 0.155. The van der Waals surface area contributed by atoms with Gasteiger partial charge in [0, 0.05) is 19.5 Å². The van der Waals surface area contributed by atoms with Crippen LogP contribution >= 0.6 is 12.2 Å². The van der Waals surface area contributed by atoms with Crippen LogP contribution < -0.4 is 5.73 Å². The average Bonchev–Trinajstić information content (AvgIpc) is 2.20. The second-order valence-electron chi connectivity index (χ2n) is 3.94. The standard InChI is InChI=1S/C10H17F3N2O2S/c1-7(5-8(14)18)15(2)9(16)3-4-17-6-10(11,12)13/h7H,3-6H2,1-2H3,(H2,14,18). The van der Waals surface area contributed by atoms with Crippen LogP contribution in [0, 0.1) is 0 Å². The second kappa shape index (κ2) is 7.52. The van der Waals surface area contributed by atoms with Crippen LogP contribution in [0.5, 0.6) is 0 Å². The largest absolute Gasteiger partial charge is 0.411 e. The van der Waals surface area contributed by atoms with Crippen LogP contribution in [0.2, 0.25) is 0 Å². The van der Waals surface area contributed by atoms with E-state index in [9.17, 15) is 18.0 Å². The van der Waals surface area contributed by atoms with E-state index in [0.717, 1.165) is 0 Å². The Morgan fingerprint density at radius 1 is 1.50 bits per heavy atom. The molecule has 0 aliphatic heterocycles. The van der Waals surface area contributed by atoms with Gasteiger partial charge >= 0.3 is 6.18 Å². The van der Waals surface area contributed by atoms with Crippen LogP contribution in [-0.4, -0.2) is 48.3 Å². The van der Waals surface area contributed by atoms with E-state index < -0.39 is 12.8 Å². The number of nitrogens with zero attached hydrogens (tertiary/aromatic N) is 1. The zero-order valence-electron chi connectivity index (χ0n) is 10.3. The molecule has 0 aliphatic carbocycles. The van der Waals surface area contributed by atoms with Gasteiger partial charge in [-0.15, -0.1) is 0 Å².